The van der Waals surface area contributed by atoms with Crippen molar-refractivity contribution < 1.29 is 0 Å². The molecular weight excluding hydrogens is 268 g/mol. The average molecular weight is 284 g/mol. The molecule has 0 N–H and O–H groups in total. The highest BCUT2D eigenvalue weighted by Crippen LogP contribution is 2.29. The lowest BCUT2D eigenvalue weighted by Crippen LogP contribution is -2.16. The first-order valence-corrected chi connectivity index (χ1v) is 7.43. The summed E-state index contributed by atoms with van der Waals surface area (Å²) in [5.41, 5.74) is 3.63. The summed E-state index contributed by atoms with van der Waals surface area (Å²) in [6, 6.07) is 23.4. The lowest BCUT2D eigenvalue weighted by Gasteiger charge is -2.22. The van der Waals surface area contributed by atoms with Crippen molar-refractivity contribution >= 4 is 22.7 Å². The van der Waals surface area contributed by atoms with Crippen molar-refractivity contribution in [1.82, 2.24) is 0 Å². The number of rotatable bonds is 2. The molecule has 0 aromatic heterocycles. The number of fused-ring (bicyclic) bond motifs is 2. The lowest BCUT2D eigenvalue weighted by molar-refractivity contribution is 0.967. The van der Waals surface area contributed by atoms with Gasteiger partial charge in [-0.15, -0.1) is 0 Å². The number of benzene rings is 3. The van der Waals surface area contributed by atoms with E-state index in [1.165, 1.54) is 22.0 Å². The number of aliphatic imine (C=N–C) groups is 1. The summed E-state index contributed by atoms with van der Waals surface area (Å²) in [7, 11) is 0. The molecule has 1 heterocycles. The molecule has 0 fully saturated rings. The summed E-state index contributed by atoms with van der Waals surface area (Å²) < 4.78 is 0. The molecule has 4 rings (SSSR count). The van der Waals surface area contributed by atoms with Crippen LogP contribution < -0.4 is 4.90 Å². The van der Waals surface area contributed by atoms with Gasteiger partial charge in [-0.2, -0.15) is 0 Å². The van der Waals surface area contributed by atoms with Crippen LogP contribution in [0.1, 0.15) is 11.1 Å². The smallest absolute Gasteiger partial charge is 0.0505 e. The topological polar surface area (TPSA) is 15.6 Å². The number of hydrogen-bond acceptors (Lipinski definition) is 2. The first-order valence-electron chi connectivity index (χ1n) is 7.43. The quantitative estimate of drug-likeness (QED) is 0.663. The molecule has 0 amide bonds. The van der Waals surface area contributed by atoms with Gasteiger partial charge in [-0.1, -0.05) is 54.6 Å². The Balaban J connectivity index is 1.81. The van der Waals surface area contributed by atoms with Crippen molar-refractivity contribution in [3.63, 3.8) is 0 Å². The Morgan fingerprint density at radius 3 is 2.36 bits per heavy atom. The van der Waals surface area contributed by atoms with Gasteiger partial charge in [0, 0.05) is 30.7 Å². The van der Waals surface area contributed by atoms with E-state index in [4.69, 9.17) is 0 Å². The molecule has 3 aromatic rings. The third kappa shape index (κ3) is 2.40. The fourth-order valence-corrected chi connectivity index (χ4v) is 2.84. The molecule has 106 valence electrons. The zero-order valence-corrected chi connectivity index (χ0v) is 12.2. The molecular formula is C20H16N2. The van der Waals surface area contributed by atoms with Crippen molar-refractivity contribution in [3.8, 4) is 0 Å². The summed E-state index contributed by atoms with van der Waals surface area (Å²) >= 11 is 0. The highest BCUT2D eigenvalue weighted by Gasteiger charge is 2.12. The fraction of sp³-hybridized carbons (Fsp3) is 0.0500. The van der Waals surface area contributed by atoms with Crippen molar-refractivity contribution in [2.75, 3.05) is 4.90 Å². The molecule has 0 aliphatic carbocycles. The Labute approximate surface area is 130 Å². The first-order chi connectivity index (χ1) is 10.9. The molecule has 1 aliphatic heterocycles. The average Bonchev–Trinajstić information content (AvgIpc) is 2.76. The maximum absolute atomic E-state index is 4.36. The predicted octanol–water partition coefficient (Wildman–Crippen LogP) is 4.75. The van der Waals surface area contributed by atoms with Crippen LogP contribution in [0.2, 0.25) is 0 Å². The van der Waals surface area contributed by atoms with Gasteiger partial charge < -0.3 is 4.90 Å². The fourth-order valence-electron chi connectivity index (χ4n) is 2.84. The molecule has 2 heteroatoms. The molecule has 22 heavy (non-hydrogen) atoms. The van der Waals surface area contributed by atoms with E-state index < -0.39 is 0 Å². The monoisotopic (exact) mass is 284 g/mol. The minimum atomic E-state index is 0.839. The van der Waals surface area contributed by atoms with Crippen LogP contribution in [0.25, 0.3) is 10.8 Å². The van der Waals surface area contributed by atoms with E-state index in [2.05, 4.69) is 70.6 Å². The second-order valence-corrected chi connectivity index (χ2v) is 5.45. The first kappa shape index (κ1) is 12.8. The maximum Gasteiger partial charge on any atom is 0.0505 e. The molecule has 0 radical (unpaired) electrons. The lowest BCUT2D eigenvalue weighted by atomic mass is 10.0. The Hall–Kier alpha value is -2.87. The third-order valence-corrected chi connectivity index (χ3v) is 3.95. The summed E-state index contributed by atoms with van der Waals surface area (Å²) in [5, 5.41) is 2.50. The number of nitrogens with zero attached hydrogens (tertiary/aromatic N) is 2. The summed E-state index contributed by atoms with van der Waals surface area (Å²) in [5.74, 6) is 0. The van der Waals surface area contributed by atoms with Gasteiger partial charge >= 0.3 is 0 Å². The Kier molecular flexibility index (Phi) is 3.20. The van der Waals surface area contributed by atoms with Crippen LogP contribution in [0.5, 0.6) is 0 Å². The third-order valence-electron chi connectivity index (χ3n) is 3.95. The zero-order valence-electron chi connectivity index (χ0n) is 12.2. The van der Waals surface area contributed by atoms with Gasteiger partial charge in [-0.05, 0) is 28.5 Å². The highest BCUT2D eigenvalue weighted by atomic mass is 15.1. The van der Waals surface area contributed by atoms with Crippen LogP contribution in [0, 0.1) is 0 Å². The van der Waals surface area contributed by atoms with Gasteiger partial charge in [-0.3, -0.25) is 4.99 Å². The summed E-state index contributed by atoms with van der Waals surface area (Å²) in [6.45, 7) is 0.839. The molecule has 3 aromatic carbocycles. The molecule has 0 atom stereocenters. The SMILES string of the molecule is C1=CN(Cc2ccccc2)c2cc3ccccc3cc2C=N1. The van der Waals surface area contributed by atoms with Gasteiger partial charge in [0.05, 0.1) is 5.69 Å². The van der Waals surface area contributed by atoms with Gasteiger partial charge in [-0.25, -0.2) is 0 Å². The number of hydrogen-bond donors (Lipinski definition) is 0. The van der Waals surface area contributed by atoms with Crippen LogP contribution in [0.4, 0.5) is 5.69 Å². The van der Waals surface area contributed by atoms with E-state index in [1.807, 2.05) is 24.7 Å². The van der Waals surface area contributed by atoms with Gasteiger partial charge in [0.15, 0.2) is 0 Å². The highest BCUT2D eigenvalue weighted by molar-refractivity contribution is 5.98. The van der Waals surface area contributed by atoms with E-state index >= 15 is 0 Å². The Morgan fingerprint density at radius 1 is 0.818 bits per heavy atom. The minimum Gasteiger partial charge on any atom is -0.341 e. The molecule has 0 saturated carbocycles. The standard InChI is InChI=1S/C20H16N2/c1-2-6-16(7-3-1)15-22-11-10-21-14-19-12-17-8-4-5-9-18(17)13-20(19)22/h1-14H,15H2. The van der Waals surface area contributed by atoms with Crippen LogP contribution in [-0.2, 0) is 6.54 Å². The minimum absolute atomic E-state index is 0.839. The summed E-state index contributed by atoms with van der Waals surface area (Å²) in [4.78, 5) is 6.62. The summed E-state index contributed by atoms with van der Waals surface area (Å²) in [6.07, 6.45) is 5.83. The van der Waals surface area contributed by atoms with Gasteiger partial charge in [0.2, 0.25) is 0 Å². The van der Waals surface area contributed by atoms with Crippen molar-refractivity contribution in [3.05, 3.63) is 90.3 Å². The molecule has 2 nitrogen and oxygen atoms in total. The largest absolute Gasteiger partial charge is 0.341 e. The molecule has 1 aliphatic rings. The van der Waals surface area contributed by atoms with E-state index in [1.54, 1.807) is 0 Å². The number of anilines is 1. The molecule has 0 saturated heterocycles. The van der Waals surface area contributed by atoms with Crippen LogP contribution in [0.3, 0.4) is 0 Å². The van der Waals surface area contributed by atoms with Crippen LogP contribution >= 0.6 is 0 Å². The van der Waals surface area contributed by atoms with Crippen molar-refractivity contribution in [2.24, 2.45) is 4.99 Å². The van der Waals surface area contributed by atoms with E-state index in [-0.39, 0.29) is 0 Å². The van der Waals surface area contributed by atoms with Crippen molar-refractivity contribution in [2.45, 2.75) is 6.54 Å². The maximum atomic E-state index is 4.36. The van der Waals surface area contributed by atoms with Crippen LogP contribution in [0.15, 0.2) is 84.1 Å². The zero-order chi connectivity index (χ0) is 14.8. The molecule has 0 bridgehead atoms. The normalized spacial score (nSPS) is 13.2. The predicted molar refractivity (Wildman–Crippen MR) is 93.3 cm³/mol. The Bertz CT molecular complexity index is 863. The second-order valence-electron chi connectivity index (χ2n) is 5.45. The van der Waals surface area contributed by atoms with Gasteiger partial charge in [0.25, 0.3) is 0 Å². The van der Waals surface area contributed by atoms with Crippen molar-refractivity contribution in [1.29, 1.82) is 0 Å². The van der Waals surface area contributed by atoms with E-state index in [9.17, 15) is 0 Å². The van der Waals surface area contributed by atoms with E-state index in [0.29, 0.717) is 0 Å². The molecule has 0 unspecified atom stereocenters. The van der Waals surface area contributed by atoms with E-state index in [0.717, 1.165) is 12.1 Å². The molecule has 0 spiro atoms. The Morgan fingerprint density at radius 2 is 1.55 bits per heavy atom. The second kappa shape index (κ2) is 5.49. The van der Waals surface area contributed by atoms with Gasteiger partial charge in [0.1, 0.15) is 0 Å². The van der Waals surface area contributed by atoms with Crippen LogP contribution in [-0.4, -0.2) is 6.21 Å².